The van der Waals surface area contributed by atoms with E-state index in [0.29, 0.717) is 0 Å². The van der Waals surface area contributed by atoms with Crippen molar-refractivity contribution in [3.8, 4) is 0 Å². The highest BCUT2D eigenvalue weighted by molar-refractivity contribution is 5.89. The molecule has 0 aromatic carbocycles. The van der Waals surface area contributed by atoms with Crippen LogP contribution in [0.2, 0.25) is 0 Å². The molecule has 0 bridgehead atoms. The van der Waals surface area contributed by atoms with Gasteiger partial charge < -0.3 is 24.7 Å². The van der Waals surface area contributed by atoms with E-state index in [1.165, 1.54) is 18.9 Å². The van der Waals surface area contributed by atoms with Crippen molar-refractivity contribution in [1.82, 2.24) is 9.80 Å². The predicted molar refractivity (Wildman–Crippen MR) is 117 cm³/mol. The molecule has 6 atom stereocenters. The maximum absolute atomic E-state index is 14.2. The van der Waals surface area contributed by atoms with Crippen molar-refractivity contribution in [1.29, 1.82) is 0 Å². The number of hydrogen-bond acceptors (Lipinski definition) is 5. The lowest BCUT2D eigenvalue weighted by atomic mass is 9.80. The van der Waals surface area contributed by atoms with E-state index in [9.17, 15) is 33.8 Å². The Morgan fingerprint density at radius 2 is 1.45 bits per heavy atom. The topological polar surface area (TPSA) is 124 Å². The number of halogens is 1. The number of alkyl halides is 1. The monoisotopic (exact) mass is 472 g/mol. The highest BCUT2D eigenvalue weighted by Crippen LogP contribution is 2.39. The molecule has 0 aromatic rings. The zero-order valence-electron chi connectivity index (χ0n) is 20.5. The normalized spacial score (nSPS) is 30.5. The van der Waals surface area contributed by atoms with E-state index in [2.05, 4.69) is 0 Å². The number of carbonyl (C=O) groups excluding carboxylic acids is 2. The lowest BCUT2D eigenvalue weighted by Gasteiger charge is -2.34. The molecule has 2 aliphatic heterocycles. The summed E-state index contributed by atoms with van der Waals surface area (Å²) in [5.74, 6) is -4.52. The molecule has 2 heterocycles. The highest BCUT2D eigenvalue weighted by Gasteiger charge is 2.52. The molecule has 2 amide bonds. The summed E-state index contributed by atoms with van der Waals surface area (Å²) in [5, 5.41) is 19.4. The minimum absolute atomic E-state index is 0.136. The molecule has 9 nitrogen and oxygen atoms in total. The second-order valence-electron chi connectivity index (χ2n) is 11.0. The predicted octanol–water partition coefficient (Wildman–Crippen LogP) is 2.04. The number of amides is 2. The fourth-order valence-electron chi connectivity index (χ4n) is 4.97. The molecule has 33 heavy (non-hydrogen) atoms. The van der Waals surface area contributed by atoms with Gasteiger partial charge in [-0.05, 0) is 12.8 Å². The van der Waals surface area contributed by atoms with Crippen molar-refractivity contribution in [2.45, 2.75) is 78.7 Å². The molecule has 0 spiro atoms. The third kappa shape index (κ3) is 5.31. The SMILES string of the molecule is CO[C@H]1CN(C(=O)C(C)(C)C)[C@H](C(=O)O)C1CCC(C)(C)C(=O)N1C[C@@H](F)[C@H](C)[C@H]1C(=O)O. The number of carbonyl (C=O) groups is 4. The van der Waals surface area contributed by atoms with Gasteiger partial charge in [-0.3, -0.25) is 9.59 Å². The first-order valence-electron chi connectivity index (χ1n) is 11.3. The standard InChI is InChI=1S/C23H37FN2O7/c1-12-14(24)10-25(16(12)18(27)28)21(32)23(5,6)9-8-13-15(33-7)11-26(17(13)19(29)30)20(31)22(2,3)4/h12-17H,8-11H2,1-7H3,(H,27,28)(H,29,30)/t12-,13?,14+,15-,16-,17-/m0/s1. The lowest BCUT2D eigenvalue weighted by Crippen LogP contribution is -2.49. The van der Waals surface area contributed by atoms with Crippen molar-refractivity contribution in [2.24, 2.45) is 22.7 Å². The Balaban J connectivity index is 2.22. The van der Waals surface area contributed by atoms with Crippen molar-refractivity contribution in [2.75, 3.05) is 20.2 Å². The average molecular weight is 473 g/mol. The Kier molecular flexibility index (Phi) is 7.83. The van der Waals surface area contributed by atoms with Crippen LogP contribution in [0.15, 0.2) is 0 Å². The zero-order valence-corrected chi connectivity index (χ0v) is 20.5. The molecule has 2 aliphatic rings. The molecule has 10 heteroatoms. The van der Waals surface area contributed by atoms with E-state index in [0.717, 1.165) is 4.90 Å². The molecule has 0 saturated carbocycles. The molecule has 2 rings (SSSR count). The minimum Gasteiger partial charge on any atom is -0.480 e. The number of carboxylic acids is 2. The van der Waals surface area contributed by atoms with Gasteiger partial charge in [-0.15, -0.1) is 0 Å². The van der Waals surface area contributed by atoms with Crippen LogP contribution >= 0.6 is 0 Å². The number of ether oxygens (including phenoxy) is 1. The van der Waals surface area contributed by atoms with Gasteiger partial charge in [-0.25, -0.2) is 14.0 Å². The Morgan fingerprint density at radius 1 is 0.939 bits per heavy atom. The first kappa shape index (κ1) is 27.0. The Labute approximate surface area is 194 Å². The van der Waals surface area contributed by atoms with Crippen LogP contribution in [0.5, 0.6) is 0 Å². The summed E-state index contributed by atoms with van der Waals surface area (Å²) in [4.78, 5) is 52.4. The van der Waals surface area contributed by atoms with Gasteiger partial charge in [0.25, 0.3) is 0 Å². The van der Waals surface area contributed by atoms with E-state index in [1.807, 2.05) is 0 Å². The second-order valence-corrected chi connectivity index (χ2v) is 11.0. The van der Waals surface area contributed by atoms with Crippen LogP contribution in [0.4, 0.5) is 4.39 Å². The fraction of sp³-hybridized carbons (Fsp3) is 0.826. The van der Waals surface area contributed by atoms with E-state index in [-0.39, 0.29) is 31.8 Å². The first-order valence-corrected chi connectivity index (χ1v) is 11.3. The molecular formula is C23H37FN2O7. The number of aliphatic carboxylic acids is 2. The van der Waals surface area contributed by atoms with Crippen LogP contribution < -0.4 is 0 Å². The number of rotatable bonds is 7. The third-order valence-corrected chi connectivity index (χ3v) is 7.02. The van der Waals surface area contributed by atoms with Gasteiger partial charge in [0.15, 0.2) is 0 Å². The number of nitrogens with zero attached hydrogens (tertiary/aromatic N) is 2. The van der Waals surface area contributed by atoms with E-state index < -0.39 is 64.9 Å². The van der Waals surface area contributed by atoms with Crippen LogP contribution in [0, 0.1) is 22.7 Å². The largest absolute Gasteiger partial charge is 0.480 e. The summed E-state index contributed by atoms with van der Waals surface area (Å²) in [6, 6.07) is -2.34. The Bertz CT molecular complexity index is 794. The van der Waals surface area contributed by atoms with E-state index in [4.69, 9.17) is 4.74 Å². The van der Waals surface area contributed by atoms with Crippen LogP contribution in [0.3, 0.4) is 0 Å². The van der Waals surface area contributed by atoms with Gasteiger partial charge in [-0.2, -0.15) is 0 Å². The number of likely N-dealkylation sites (tertiary alicyclic amines) is 2. The third-order valence-electron chi connectivity index (χ3n) is 7.02. The van der Waals surface area contributed by atoms with Gasteiger partial charge in [0.05, 0.1) is 12.6 Å². The molecule has 2 fully saturated rings. The Hall–Kier alpha value is -2.23. The van der Waals surface area contributed by atoms with Gasteiger partial charge in [0.1, 0.15) is 18.3 Å². The fourth-order valence-corrected chi connectivity index (χ4v) is 4.97. The van der Waals surface area contributed by atoms with Crippen molar-refractivity contribution in [3.63, 3.8) is 0 Å². The van der Waals surface area contributed by atoms with Gasteiger partial charge in [0, 0.05) is 36.3 Å². The molecule has 0 radical (unpaired) electrons. The summed E-state index contributed by atoms with van der Waals surface area (Å²) >= 11 is 0. The first-order chi connectivity index (χ1) is 15.0. The van der Waals surface area contributed by atoms with E-state index >= 15 is 0 Å². The molecule has 1 unspecified atom stereocenters. The number of hydrogen-bond donors (Lipinski definition) is 2. The molecule has 2 saturated heterocycles. The summed E-state index contributed by atoms with van der Waals surface area (Å²) in [7, 11) is 1.46. The average Bonchev–Trinajstić information content (AvgIpc) is 3.21. The summed E-state index contributed by atoms with van der Waals surface area (Å²) < 4.78 is 19.8. The van der Waals surface area contributed by atoms with Crippen molar-refractivity contribution in [3.05, 3.63) is 0 Å². The number of methoxy groups -OCH3 is 1. The summed E-state index contributed by atoms with van der Waals surface area (Å²) in [6.45, 7) is 9.79. The van der Waals surface area contributed by atoms with Gasteiger partial charge in [-0.1, -0.05) is 41.5 Å². The van der Waals surface area contributed by atoms with Crippen LogP contribution in [0.25, 0.3) is 0 Å². The molecular weight excluding hydrogens is 435 g/mol. The lowest BCUT2D eigenvalue weighted by molar-refractivity contribution is -0.154. The smallest absolute Gasteiger partial charge is 0.326 e. The quantitative estimate of drug-likeness (QED) is 0.581. The van der Waals surface area contributed by atoms with Crippen LogP contribution in [-0.2, 0) is 23.9 Å². The summed E-state index contributed by atoms with van der Waals surface area (Å²) in [6.07, 6.45) is -1.45. The van der Waals surface area contributed by atoms with Crippen molar-refractivity contribution < 1.29 is 38.5 Å². The van der Waals surface area contributed by atoms with Gasteiger partial charge in [0.2, 0.25) is 11.8 Å². The van der Waals surface area contributed by atoms with Gasteiger partial charge >= 0.3 is 11.9 Å². The van der Waals surface area contributed by atoms with Crippen LogP contribution in [-0.4, -0.2) is 88.3 Å². The zero-order chi connectivity index (χ0) is 25.5. The molecule has 2 N–H and O–H groups in total. The minimum atomic E-state index is -1.42. The maximum Gasteiger partial charge on any atom is 0.326 e. The van der Waals surface area contributed by atoms with E-state index in [1.54, 1.807) is 34.6 Å². The molecule has 188 valence electrons. The summed E-state index contributed by atoms with van der Waals surface area (Å²) in [5.41, 5.74) is -1.82. The van der Waals surface area contributed by atoms with Crippen LogP contribution in [0.1, 0.15) is 54.4 Å². The highest BCUT2D eigenvalue weighted by atomic mass is 19.1. The second kappa shape index (κ2) is 9.56. The molecule has 0 aliphatic carbocycles. The molecule has 0 aromatic heterocycles. The van der Waals surface area contributed by atoms with Crippen molar-refractivity contribution >= 4 is 23.8 Å². The Morgan fingerprint density at radius 3 is 1.91 bits per heavy atom. The maximum atomic E-state index is 14.2. The number of carboxylic acid groups (broad SMARTS) is 2.